The van der Waals surface area contributed by atoms with Crippen molar-refractivity contribution in [3.8, 4) is 5.75 Å². The molecule has 1 amide bonds. The summed E-state index contributed by atoms with van der Waals surface area (Å²) in [5.74, 6) is 1.40. The topological polar surface area (TPSA) is 38.3 Å². The predicted octanol–water partition coefficient (Wildman–Crippen LogP) is 6.27. The third-order valence-electron chi connectivity index (χ3n) is 4.29. The molecule has 0 saturated carbocycles. The second-order valence-corrected chi connectivity index (χ2v) is 8.24. The van der Waals surface area contributed by atoms with Crippen molar-refractivity contribution in [3.63, 3.8) is 0 Å². The molecule has 0 atom stereocenters. The molecule has 0 saturated heterocycles. The minimum absolute atomic E-state index is 0.123. The Labute approximate surface area is 174 Å². The molecule has 3 nitrogen and oxygen atoms in total. The number of hydrogen-bond donors (Lipinski definition) is 1. The van der Waals surface area contributed by atoms with Crippen molar-refractivity contribution < 1.29 is 9.53 Å². The third-order valence-corrected chi connectivity index (χ3v) is 6.07. The van der Waals surface area contributed by atoms with Crippen LogP contribution in [0.15, 0.2) is 76.5 Å². The van der Waals surface area contributed by atoms with Gasteiger partial charge in [-0.25, -0.2) is 0 Å². The van der Waals surface area contributed by atoms with Gasteiger partial charge in [-0.2, -0.15) is 0 Å². The predicted molar refractivity (Wildman–Crippen MR) is 120 cm³/mol. The van der Waals surface area contributed by atoms with E-state index in [-0.39, 0.29) is 5.91 Å². The Kier molecular flexibility index (Phi) is 7.06. The Morgan fingerprint density at radius 1 is 1.00 bits per heavy atom. The molecule has 0 aliphatic rings. The number of benzene rings is 3. The lowest BCUT2D eigenvalue weighted by atomic mass is 10.1. The molecule has 3 rings (SSSR count). The van der Waals surface area contributed by atoms with Crippen LogP contribution in [0, 0.1) is 6.92 Å². The maximum Gasteiger partial charge on any atom is 0.255 e. The summed E-state index contributed by atoms with van der Waals surface area (Å²) in [4.78, 5) is 15.0. The quantitative estimate of drug-likeness (QED) is 0.467. The Bertz CT molecular complexity index is 955. The number of methoxy groups -OCH3 is 1. The second-order valence-electron chi connectivity index (χ2n) is 6.31. The van der Waals surface area contributed by atoms with Gasteiger partial charge in [0.2, 0.25) is 0 Å². The zero-order chi connectivity index (χ0) is 19.9. The summed E-state index contributed by atoms with van der Waals surface area (Å²) in [7, 11) is 1.66. The Balaban J connectivity index is 1.75. The lowest BCUT2D eigenvalue weighted by Gasteiger charge is -2.12. The van der Waals surface area contributed by atoms with E-state index in [1.165, 1.54) is 10.5 Å². The highest BCUT2D eigenvalue weighted by atomic mass is 32.2. The summed E-state index contributed by atoms with van der Waals surface area (Å²) in [5.41, 5.74) is 3.66. The number of rotatable bonds is 7. The van der Waals surface area contributed by atoms with Crippen LogP contribution in [0.4, 0.5) is 5.69 Å². The molecule has 0 aromatic heterocycles. The fourth-order valence-corrected chi connectivity index (χ4v) is 4.07. The molecule has 144 valence electrons. The SMILES string of the molecule is COc1ccc(C(=O)Nc2cccc(SC)c2)cc1CSc1ccc(C)cc1. The van der Waals surface area contributed by atoms with E-state index in [9.17, 15) is 4.79 Å². The molecule has 5 heteroatoms. The van der Waals surface area contributed by atoms with Gasteiger partial charge in [-0.3, -0.25) is 4.79 Å². The number of aryl methyl sites for hydroxylation is 1. The highest BCUT2D eigenvalue weighted by molar-refractivity contribution is 7.98. The maximum atomic E-state index is 12.7. The van der Waals surface area contributed by atoms with E-state index in [1.807, 2.05) is 42.7 Å². The summed E-state index contributed by atoms with van der Waals surface area (Å²) in [6.45, 7) is 2.08. The Morgan fingerprint density at radius 3 is 2.50 bits per heavy atom. The summed E-state index contributed by atoms with van der Waals surface area (Å²) in [5, 5.41) is 2.98. The molecular formula is C23H23NO2S2. The minimum Gasteiger partial charge on any atom is -0.496 e. The zero-order valence-electron chi connectivity index (χ0n) is 16.2. The van der Waals surface area contributed by atoms with Gasteiger partial charge in [0, 0.05) is 32.4 Å². The molecule has 0 unspecified atom stereocenters. The molecule has 0 bridgehead atoms. The van der Waals surface area contributed by atoms with E-state index < -0.39 is 0 Å². The number of anilines is 1. The summed E-state index contributed by atoms with van der Waals surface area (Å²) >= 11 is 3.37. The van der Waals surface area contributed by atoms with Gasteiger partial charge in [0.15, 0.2) is 0 Å². The molecule has 3 aromatic rings. The van der Waals surface area contributed by atoms with E-state index >= 15 is 0 Å². The highest BCUT2D eigenvalue weighted by Gasteiger charge is 2.11. The van der Waals surface area contributed by atoms with Crippen LogP contribution in [0.1, 0.15) is 21.5 Å². The monoisotopic (exact) mass is 409 g/mol. The van der Waals surface area contributed by atoms with Crippen molar-refractivity contribution >= 4 is 35.1 Å². The molecule has 28 heavy (non-hydrogen) atoms. The number of amides is 1. The van der Waals surface area contributed by atoms with Crippen molar-refractivity contribution in [2.75, 3.05) is 18.7 Å². The summed E-state index contributed by atoms with van der Waals surface area (Å²) in [6, 6.07) is 21.8. The number of nitrogens with one attached hydrogen (secondary N) is 1. The maximum absolute atomic E-state index is 12.7. The number of carbonyl (C=O) groups excluding carboxylic acids is 1. The van der Waals surface area contributed by atoms with Gasteiger partial charge in [0.1, 0.15) is 5.75 Å². The number of thioether (sulfide) groups is 2. The molecule has 0 radical (unpaired) electrons. The molecule has 0 aliphatic carbocycles. The van der Waals surface area contributed by atoms with Crippen LogP contribution in [-0.2, 0) is 5.75 Å². The van der Waals surface area contributed by atoms with Crippen molar-refractivity contribution in [1.82, 2.24) is 0 Å². The van der Waals surface area contributed by atoms with Crippen molar-refractivity contribution in [2.24, 2.45) is 0 Å². The van der Waals surface area contributed by atoms with Crippen LogP contribution in [0.5, 0.6) is 5.75 Å². The third kappa shape index (κ3) is 5.33. The molecule has 0 heterocycles. The van der Waals surface area contributed by atoms with Gasteiger partial charge in [0.05, 0.1) is 7.11 Å². The van der Waals surface area contributed by atoms with Gasteiger partial charge in [-0.05, 0) is 61.7 Å². The highest BCUT2D eigenvalue weighted by Crippen LogP contribution is 2.29. The Hall–Kier alpha value is -2.37. The minimum atomic E-state index is -0.123. The van der Waals surface area contributed by atoms with E-state index in [4.69, 9.17) is 4.74 Å². The van der Waals surface area contributed by atoms with Crippen LogP contribution >= 0.6 is 23.5 Å². The largest absolute Gasteiger partial charge is 0.496 e. The van der Waals surface area contributed by atoms with Gasteiger partial charge in [-0.1, -0.05) is 23.8 Å². The molecule has 0 aliphatic heterocycles. The lowest BCUT2D eigenvalue weighted by Crippen LogP contribution is -2.12. The van der Waals surface area contributed by atoms with Crippen LogP contribution in [-0.4, -0.2) is 19.3 Å². The normalized spacial score (nSPS) is 10.5. The number of ether oxygens (including phenoxy) is 1. The smallest absolute Gasteiger partial charge is 0.255 e. The fourth-order valence-electron chi connectivity index (χ4n) is 2.73. The van der Waals surface area contributed by atoms with Gasteiger partial charge < -0.3 is 10.1 Å². The van der Waals surface area contributed by atoms with Gasteiger partial charge >= 0.3 is 0 Å². The molecular weight excluding hydrogens is 386 g/mol. The first-order valence-electron chi connectivity index (χ1n) is 8.91. The average molecular weight is 410 g/mol. The van der Waals surface area contributed by atoms with E-state index in [0.717, 1.165) is 27.6 Å². The van der Waals surface area contributed by atoms with Crippen molar-refractivity contribution in [1.29, 1.82) is 0 Å². The van der Waals surface area contributed by atoms with Gasteiger partial charge in [0.25, 0.3) is 5.91 Å². The molecule has 3 aromatic carbocycles. The molecule has 0 spiro atoms. The fraction of sp³-hybridized carbons (Fsp3) is 0.174. The lowest BCUT2D eigenvalue weighted by molar-refractivity contribution is 0.102. The van der Waals surface area contributed by atoms with E-state index in [1.54, 1.807) is 36.7 Å². The van der Waals surface area contributed by atoms with Crippen LogP contribution in [0.2, 0.25) is 0 Å². The zero-order valence-corrected chi connectivity index (χ0v) is 17.8. The molecule has 0 fully saturated rings. The average Bonchev–Trinajstić information content (AvgIpc) is 2.73. The number of hydrogen-bond acceptors (Lipinski definition) is 4. The van der Waals surface area contributed by atoms with Crippen molar-refractivity contribution in [2.45, 2.75) is 22.5 Å². The van der Waals surface area contributed by atoms with Crippen LogP contribution < -0.4 is 10.1 Å². The second kappa shape index (κ2) is 9.71. The summed E-state index contributed by atoms with van der Waals surface area (Å²) < 4.78 is 5.49. The number of carbonyl (C=O) groups is 1. The van der Waals surface area contributed by atoms with Crippen LogP contribution in [0.25, 0.3) is 0 Å². The standard InChI is InChI=1S/C23H23NO2S2/c1-16-7-10-20(11-8-16)28-15-18-13-17(9-12-22(18)26-2)23(25)24-19-5-4-6-21(14-19)27-3/h4-14H,15H2,1-3H3,(H,24,25). The van der Waals surface area contributed by atoms with Gasteiger partial charge in [-0.15, -0.1) is 23.5 Å². The Morgan fingerprint density at radius 2 is 1.79 bits per heavy atom. The first-order chi connectivity index (χ1) is 13.6. The van der Waals surface area contributed by atoms with E-state index in [2.05, 4.69) is 36.5 Å². The van der Waals surface area contributed by atoms with E-state index in [0.29, 0.717) is 5.56 Å². The van der Waals surface area contributed by atoms with Crippen LogP contribution in [0.3, 0.4) is 0 Å². The first kappa shape index (κ1) is 20.4. The van der Waals surface area contributed by atoms with Crippen molar-refractivity contribution in [3.05, 3.63) is 83.4 Å². The molecule has 1 N–H and O–H groups in total. The summed E-state index contributed by atoms with van der Waals surface area (Å²) in [6.07, 6.45) is 2.02. The first-order valence-corrected chi connectivity index (χ1v) is 11.1.